The summed E-state index contributed by atoms with van der Waals surface area (Å²) in [5.74, 6) is 0. The van der Waals surface area contributed by atoms with Gasteiger partial charge in [-0.1, -0.05) is 109 Å². The summed E-state index contributed by atoms with van der Waals surface area (Å²) in [7, 11) is 0. The summed E-state index contributed by atoms with van der Waals surface area (Å²) in [5, 5.41) is 0. The first-order valence-electron chi connectivity index (χ1n) is 11.4. The van der Waals surface area contributed by atoms with Crippen molar-refractivity contribution < 1.29 is 4.58 Å². The molecule has 0 spiro atoms. The molecule has 0 saturated carbocycles. The van der Waals surface area contributed by atoms with Gasteiger partial charge in [0.25, 0.3) is 0 Å². The number of unbranched alkanes of at least 4 members (excludes halogenated alkanes) is 16. The van der Waals surface area contributed by atoms with Crippen molar-refractivity contribution in [3.63, 3.8) is 0 Å². The zero-order valence-electron chi connectivity index (χ0n) is 17.1. The normalized spacial score (nSPS) is 15.3. The van der Waals surface area contributed by atoms with Gasteiger partial charge in [-0.25, -0.2) is 4.58 Å². The highest BCUT2D eigenvalue weighted by atomic mass is 15.0. The van der Waals surface area contributed by atoms with Gasteiger partial charge in [-0.2, -0.15) is 0 Å². The maximum atomic E-state index is 2.35. The molecular weight excluding hydrogens is 302 g/mol. The van der Waals surface area contributed by atoms with E-state index in [2.05, 4.69) is 42.1 Å². The molecule has 1 nitrogen and oxygen atoms in total. The molecule has 1 aliphatic heterocycles. The zero-order chi connectivity index (χ0) is 17.8. The van der Waals surface area contributed by atoms with E-state index in [-0.39, 0.29) is 0 Å². The van der Waals surface area contributed by atoms with Crippen LogP contribution in [0, 0.1) is 0 Å². The average molecular weight is 347 g/mol. The van der Waals surface area contributed by atoms with E-state index in [1.54, 1.807) is 0 Å². The number of allylic oxidation sites excluding steroid dienone is 2. The topological polar surface area (TPSA) is 3.01 Å². The van der Waals surface area contributed by atoms with E-state index in [9.17, 15) is 0 Å². The van der Waals surface area contributed by atoms with Crippen molar-refractivity contribution in [3.05, 3.63) is 24.4 Å². The summed E-state index contributed by atoms with van der Waals surface area (Å²) >= 11 is 0. The summed E-state index contributed by atoms with van der Waals surface area (Å²) in [4.78, 5) is 0. The van der Waals surface area contributed by atoms with E-state index < -0.39 is 0 Å². The first-order valence-corrected chi connectivity index (χ1v) is 11.4. The highest BCUT2D eigenvalue weighted by Crippen LogP contribution is 2.13. The van der Waals surface area contributed by atoms with Crippen LogP contribution in [0.5, 0.6) is 0 Å². The van der Waals surface area contributed by atoms with Gasteiger partial charge < -0.3 is 0 Å². The van der Waals surface area contributed by atoms with Crippen LogP contribution in [0.4, 0.5) is 0 Å². The fourth-order valence-corrected chi connectivity index (χ4v) is 3.57. The lowest BCUT2D eigenvalue weighted by atomic mass is 10.0. The van der Waals surface area contributed by atoms with Crippen LogP contribution in [0.2, 0.25) is 0 Å². The van der Waals surface area contributed by atoms with Gasteiger partial charge in [0.15, 0.2) is 12.7 Å². The Labute approximate surface area is 158 Å². The standard InChI is InChI=1S/C24H44N/c1-2-3-4-5-6-7-8-9-10-11-12-13-14-15-16-17-19-22-25-23-20-18-21-24-25/h18,20-23H,2-17,19,24H2,1H3/q+1. The van der Waals surface area contributed by atoms with Crippen molar-refractivity contribution >= 4 is 6.21 Å². The first kappa shape index (κ1) is 22.2. The third-order valence-corrected chi connectivity index (χ3v) is 5.26. The molecule has 0 aromatic heterocycles. The van der Waals surface area contributed by atoms with Crippen LogP contribution in [-0.4, -0.2) is 17.3 Å². The number of hydrogen-bond acceptors (Lipinski definition) is 0. The third kappa shape index (κ3) is 15.1. The number of nitrogens with zero attached hydrogens (tertiary/aromatic N) is 1. The average Bonchev–Trinajstić information content (AvgIpc) is 2.65. The van der Waals surface area contributed by atoms with E-state index >= 15 is 0 Å². The molecule has 0 unspecified atom stereocenters. The molecule has 0 bridgehead atoms. The van der Waals surface area contributed by atoms with Crippen LogP contribution in [0.15, 0.2) is 24.4 Å². The van der Waals surface area contributed by atoms with Crippen LogP contribution < -0.4 is 0 Å². The first-order chi connectivity index (χ1) is 12.4. The maximum absolute atomic E-state index is 2.35. The second kappa shape index (κ2) is 18.0. The largest absolute Gasteiger partial charge is 0.205 e. The van der Waals surface area contributed by atoms with Crippen molar-refractivity contribution in [2.24, 2.45) is 0 Å². The molecule has 0 aromatic rings. The molecule has 1 heteroatoms. The second-order valence-electron chi connectivity index (χ2n) is 7.74. The molecule has 1 heterocycles. The van der Waals surface area contributed by atoms with Gasteiger partial charge in [-0.3, -0.25) is 0 Å². The Morgan fingerprint density at radius 1 is 0.640 bits per heavy atom. The van der Waals surface area contributed by atoms with Crippen molar-refractivity contribution in [1.82, 2.24) is 0 Å². The summed E-state index contributed by atoms with van der Waals surface area (Å²) in [6.45, 7) is 3.35. The van der Waals surface area contributed by atoms with Gasteiger partial charge in [0, 0.05) is 12.5 Å². The molecule has 0 amide bonds. The quantitative estimate of drug-likeness (QED) is 0.187. The Balaban J connectivity index is 1.71. The zero-order valence-corrected chi connectivity index (χ0v) is 17.1. The smallest absolute Gasteiger partial charge is 0.168 e. The van der Waals surface area contributed by atoms with Gasteiger partial charge in [0.1, 0.15) is 6.21 Å². The molecule has 0 fully saturated rings. The molecule has 1 rings (SSSR count). The lowest BCUT2D eigenvalue weighted by Gasteiger charge is -2.03. The number of hydrogen-bond donors (Lipinski definition) is 0. The van der Waals surface area contributed by atoms with Gasteiger partial charge >= 0.3 is 0 Å². The SMILES string of the molecule is CCCCCCCCCCCCCCCCCCC=[N+]1C=CC=CC1. The van der Waals surface area contributed by atoms with Gasteiger partial charge in [-0.05, 0) is 12.5 Å². The van der Waals surface area contributed by atoms with Crippen LogP contribution in [0.3, 0.4) is 0 Å². The predicted molar refractivity (Wildman–Crippen MR) is 114 cm³/mol. The monoisotopic (exact) mass is 346 g/mol. The fourth-order valence-electron chi connectivity index (χ4n) is 3.57. The number of rotatable bonds is 17. The molecule has 0 N–H and O–H groups in total. The van der Waals surface area contributed by atoms with Gasteiger partial charge in [0.2, 0.25) is 0 Å². The lowest BCUT2D eigenvalue weighted by molar-refractivity contribution is -0.442. The molecular formula is C24H44N+. The van der Waals surface area contributed by atoms with E-state index in [0.717, 1.165) is 6.54 Å². The maximum Gasteiger partial charge on any atom is 0.168 e. The van der Waals surface area contributed by atoms with Gasteiger partial charge in [0.05, 0.1) is 0 Å². The second-order valence-corrected chi connectivity index (χ2v) is 7.74. The third-order valence-electron chi connectivity index (χ3n) is 5.26. The summed E-state index contributed by atoms with van der Waals surface area (Å²) < 4.78 is 2.30. The van der Waals surface area contributed by atoms with Crippen molar-refractivity contribution in [3.8, 4) is 0 Å². The Bertz CT molecular complexity index is 364. The molecule has 0 saturated heterocycles. The molecule has 0 radical (unpaired) electrons. The minimum atomic E-state index is 1.05. The summed E-state index contributed by atoms with van der Waals surface area (Å²) in [6.07, 6.45) is 35.4. The predicted octanol–water partition coefficient (Wildman–Crippen LogP) is 7.80. The lowest BCUT2D eigenvalue weighted by Crippen LogP contribution is -2.07. The highest BCUT2D eigenvalue weighted by Gasteiger charge is 1.99. The molecule has 1 aliphatic rings. The molecule has 144 valence electrons. The van der Waals surface area contributed by atoms with Crippen LogP contribution in [0.25, 0.3) is 0 Å². The summed E-state index contributed by atoms with van der Waals surface area (Å²) in [6, 6.07) is 0. The van der Waals surface area contributed by atoms with Crippen LogP contribution >= 0.6 is 0 Å². The van der Waals surface area contributed by atoms with E-state index in [1.807, 2.05) is 0 Å². The molecule has 25 heavy (non-hydrogen) atoms. The Morgan fingerprint density at radius 3 is 1.56 bits per heavy atom. The fraction of sp³-hybridized carbons (Fsp3) is 0.792. The minimum absolute atomic E-state index is 1.05. The summed E-state index contributed by atoms with van der Waals surface area (Å²) in [5.41, 5.74) is 0. The molecule has 0 atom stereocenters. The minimum Gasteiger partial charge on any atom is -0.205 e. The highest BCUT2D eigenvalue weighted by molar-refractivity contribution is 5.51. The van der Waals surface area contributed by atoms with Crippen LogP contribution in [-0.2, 0) is 0 Å². The van der Waals surface area contributed by atoms with Crippen LogP contribution in [0.1, 0.15) is 116 Å². The van der Waals surface area contributed by atoms with E-state index in [4.69, 9.17) is 0 Å². The van der Waals surface area contributed by atoms with E-state index in [0.29, 0.717) is 0 Å². The Hall–Kier alpha value is -0.850. The molecule has 0 aliphatic carbocycles. The van der Waals surface area contributed by atoms with Gasteiger partial charge in [-0.15, -0.1) is 0 Å². The Morgan fingerprint density at radius 2 is 1.12 bits per heavy atom. The Kier molecular flexibility index (Phi) is 15.9. The van der Waals surface area contributed by atoms with Crippen molar-refractivity contribution in [1.29, 1.82) is 0 Å². The molecule has 0 aromatic carbocycles. The van der Waals surface area contributed by atoms with Crippen molar-refractivity contribution in [2.45, 2.75) is 116 Å². The van der Waals surface area contributed by atoms with Crippen molar-refractivity contribution in [2.75, 3.05) is 6.54 Å². The van der Waals surface area contributed by atoms with E-state index in [1.165, 1.54) is 109 Å².